The van der Waals surface area contributed by atoms with E-state index in [1.807, 2.05) is 47.2 Å². The first-order valence-corrected chi connectivity index (χ1v) is 8.12. The number of fused-ring (bicyclic) bond motifs is 1. The molecule has 0 saturated heterocycles. The number of allylic oxidation sites excluding steroid dienone is 1. The van der Waals surface area contributed by atoms with Crippen LogP contribution in [0.3, 0.4) is 0 Å². The second-order valence-electron chi connectivity index (χ2n) is 4.85. The molecule has 0 amide bonds. The highest BCUT2D eigenvalue weighted by Gasteiger charge is 2.07. The van der Waals surface area contributed by atoms with Crippen LogP contribution in [0.2, 0.25) is 0 Å². The van der Waals surface area contributed by atoms with Crippen molar-refractivity contribution in [2.45, 2.75) is 3.92 Å². The van der Waals surface area contributed by atoms with Gasteiger partial charge in [0.1, 0.15) is 5.75 Å². The molecule has 0 spiro atoms. The quantitative estimate of drug-likeness (QED) is 0.521. The van der Waals surface area contributed by atoms with Crippen LogP contribution < -0.4 is 10.5 Å². The Morgan fingerprint density at radius 3 is 2.64 bits per heavy atom. The zero-order valence-corrected chi connectivity index (χ0v) is 14.3. The number of rotatable bonds is 4. The Hall–Kier alpha value is -2.02. The van der Waals surface area contributed by atoms with Crippen LogP contribution in [0, 0.1) is 0 Å². The second-order valence-corrected chi connectivity index (χ2v) is 6.19. The van der Waals surface area contributed by atoms with Gasteiger partial charge in [-0.3, -0.25) is 4.57 Å². The van der Waals surface area contributed by atoms with E-state index in [-0.39, 0.29) is 3.92 Å². The van der Waals surface area contributed by atoms with Gasteiger partial charge in [0.2, 0.25) is 5.95 Å². The van der Waals surface area contributed by atoms with E-state index in [1.54, 1.807) is 7.11 Å². The largest absolute Gasteiger partial charge is 0.497 e. The van der Waals surface area contributed by atoms with Gasteiger partial charge in [0.15, 0.2) is 0 Å². The van der Waals surface area contributed by atoms with Gasteiger partial charge in [-0.15, -0.1) is 0 Å². The molecule has 4 nitrogen and oxygen atoms in total. The fourth-order valence-electron chi connectivity index (χ4n) is 2.28. The van der Waals surface area contributed by atoms with Gasteiger partial charge in [0.05, 0.1) is 22.1 Å². The van der Waals surface area contributed by atoms with Crippen LogP contribution in [-0.2, 0) is 0 Å². The summed E-state index contributed by atoms with van der Waals surface area (Å²) < 4.78 is 7.33. The number of hydrogen-bond donors (Lipinski definition) is 1. The molecule has 2 aromatic carbocycles. The molecular formula is C17H16IN3O. The van der Waals surface area contributed by atoms with Crippen LogP contribution in [-0.4, -0.2) is 16.7 Å². The monoisotopic (exact) mass is 405 g/mol. The average Bonchev–Trinajstić information content (AvgIpc) is 2.88. The number of aromatic nitrogens is 2. The number of ether oxygens (including phenoxy) is 1. The van der Waals surface area contributed by atoms with Gasteiger partial charge >= 0.3 is 0 Å². The van der Waals surface area contributed by atoms with Gasteiger partial charge < -0.3 is 10.5 Å². The van der Waals surface area contributed by atoms with Gasteiger partial charge in [-0.05, 0) is 29.8 Å². The number of nitrogen functional groups attached to an aromatic ring is 1. The van der Waals surface area contributed by atoms with Crippen LogP contribution in [0.1, 0.15) is 9.49 Å². The lowest BCUT2D eigenvalue weighted by molar-refractivity contribution is 0.414. The molecule has 0 bridgehead atoms. The van der Waals surface area contributed by atoms with Gasteiger partial charge in [-0.1, -0.05) is 52.9 Å². The number of para-hydroxylation sites is 2. The Morgan fingerprint density at radius 2 is 1.91 bits per heavy atom. The van der Waals surface area contributed by atoms with E-state index in [9.17, 15) is 0 Å². The maximum Gasteiger partial charge on any atom is 0.205 e. The number of anilines is 1. The molecule has 1 aromatic heterocycles. The van der Waals surface area contributed by atoms with Crippen LogP contribution in [0.15, 0.2) is 54.6 Å². The minimum Gasteiger partial charge on any atom is -0.497 e. The number of benzene rings is 2. The zero-order valence-electron chi connectivity index (χ0n) is 12.1. The van der Waals surface area contributed by atoms with Crippen molar-refractivity contribution in [1.82, 2.24) is 9.55 Å². The highest BCUT2D eigenvalue weighted by atomic mass is 127. The van der Waals surface area contributed by atoms with Crippen molar-refractivity contribution in [3.63, 3.8) is 0 Å². The SMILES string of the molecule is COc1ccc(C(I)/C=C\n2c(N)nc3ccccc32)cc1. The molecule has 0 radical (unpaired) electrons. The highest BCUT2D eigenvalue weighted by molar-refractivity contribution is 14.1. The van der Waals surface area contributed by atoms with Crippen molar-refractivity contribution in [1.29, 1.82) is 0 Å². The number of hydrogen-bond acceptors (Lipinski definition) is 3. The summed E-state index contributed by atoms with van der Waals surface area (Å²) in [5, 5.41) is 0. The summed E-state index contributed by atoms with van der Waals surface area (Å²) in [4.78, 5) is 4.36. The molecule has 5 heteroatoms. The number of nitrogens with zero attached hydrogens (tertiary/aromatic N) is 2. The summed E-state index contributed by atoms with van der Waals surface area (Å²) in [6, 6.07) is 16.0. The molecule has 2 N–H and O–H groups in total. The molecule has 1 heterocycles. The molecule has 0 aliphatic heterocycles. The first-order valence-electron chi connectivity index (χ1n) is 6.88. The van der Waals surface area contributed by atoms with E-state index in [1.165, 1.54) is 5.56 Å². The Morgan fingerprint density at radius 1 is 1.18 bits per heavy atom. The second kappa shape index (κ2) is 6.39. The topological polar surface area (TPSA) is 53.1 Å². The molecular weight excluding hydrogens is 389 g/mol. The zero-order chi connectivity index (χ0) is 15.5. The van der Waals surface area contributed by atoms with Crippen molar-refractivity contribution in [3.8, 4) is 5.75 Å². The maximum absolute atomic E-state index is 6.00. The fourth-order valence-corrected chi connectivity index (χ4v) is 2.88. The lowest BCUT2D eigenvalue weighted by Gasteiger charge is -2.07. The van der Waals surface area contributed by atoms with E-state index in [4.69, 9.17) is 10.5 Å². The van der Waals surface area contributed by atoms with Crippen LogP contribution in [0.5, 0.6) is 5.75 Å². The summed E-state index contributed by atoms with van der Waals surface area (Å²) >= 11 is 2.39. The molecule has 0 saturated carbocycles. The standard InChI is InChI=1S/C17H16IN3O/c1-22-13-8-6-12(7-9-13)14(18)10-11-21-16-5-3-2-4-15(16)20-17(21)19/h2-11,14H,1H3,(H2,19,20)/b11-10-. The third-order valence-corrected chi connectivity index (χ3v) is 4.60. The molecule has 22 heavy (non-hydrogen) atoms. The Kier molecular flexibility index (Phi) is 4.33. The van der Waals surface area contributed by atoms with Crippen LogP contribution >= 0.6 is 22.6 Å². The molecule has 0 fully saturated rings. The van der Waals surface area contributed by atoms with E-state index in [0.29, 0.717) is 5.95 Å². The van der Waals surface area contributed by atoms with E-state index < -0.39 is 0 Å². The molecule has 3 rings (SSSR count). The number of alkyl halides is 1. The predicted octanol–water partition coefficient (Wildman–Crippen LogP) is 4.27. The van der Waals surface area contributed by atoms with Gasteiger partial charge in [-0.25, -0.2) is 4.98 Å². The summed E-state index contributed by atoms with van der Waals surface area (Å²) in [5.74, 6) is 1.36. The van der Waals surface area contributed by atoms with Gasteiger partial charge in [0, 0.05) is 6.20 Å². The van der Waals surface area contributed by atoms with Crippen molar-refractivity contribution in [2.24, 2.45) is 0 Å². The van der Waals surface area contributed by atoms with Crippen molar-refractivity contribution in [3.05, 3.63) is 60.2 Å². The van der Waals surface area contributed by atoms with E-state index in [2.05, 4.69) is 45.8 Å². The lowest BCUT2D eigenvalue weighted by Crippen LogP contribution is -1.96. The summed E-state index contributed by atoms with van der Waals surface area (Å²) in [6.45, 7) is 0. The van der Waals surface area contributed by atoms with Crippen molar-refractivity contribution in [2.75, 3.05) is 12.8 Å². The van der Waals surface area contributed by atoms with Gasteiger partial charge in [0.25, 0.3) is 0 Å². The molecule has 112 valence electrons. The smallest absolute Gasteiger partial charge is 0.205 e. The maximum atomic E-state index is 6.00. The lowest BCUT2D eigenvalue weighted by atomic mass is 10.1. The normalized spacial score (nSPS) is 12.8. The number of halogens is 1. The Balaban J connectivity index is 1.86. The van der Waals surface area contributed by atoms with Crippen molar-refractivity contribution < 1.29 is 4.74 Å². The summed E-state index contributed by atoms with van der Waals surface area (Å²) in [7, 11) is 1.67. The van der Waals surface area contributed by atoms with Crippen molar-refractivity contribution >= 4 is 45.8 Å². The molecule has 1 atom stereocenters. The summed E-state index contributed by atoms with van der Waals surface area (Å²) in [6.07, 6.45) is 4.08. The first-order chi connectivity index (χ1) is 10.7. The summed E-state index contributed by atoms with van der Waals surface area (Å²) in [5.41, 5.74) is 9.12. The number of methoxy groups -OCH3 is 1. The molecule has 0 aliphatic rings. The highest BCUT2D eigenvalue weighted by Crippen LogP contribution is 2.27. The van der Waals surface area contributed by atoms with E-state index in [0.717, 1.165) is 16.8 Å². The Labute approximate surface area is 142 Å². The third kappa shape index (κ3) is 2.94. The number of imidazole rings is 1. The van der Waals surface area contributed by atoms with Crippen LogP contribution in [0.25, 0.3) is 17.2 Å². The third-order valence-electron chi connectivity index (χ3n) is 3.46. The predicted molar refractivity (Wildman–Crippen MR) is 99.2 cm³/mol. The van der Waals surface area contributed by atoms with Crippen LogP contribution in [0.4, 0.5) is 5.95 Å². The average molecular weight is 405 g/mol. The minimum atomic E-state index is 0.240. The first kappa shape index (κ1) is 14.9. The minimum absolute atomic E-state index is 0.240. The molecule has 3 aromatic rings. The fraction of sp³-hybridized carbons (Fsp3) is 0.118. The van der Waals surface area contributed by atoms with E-state index >= 15 is 0 Å². The molecule has 0 aliphatic carbocycles. The molecule has 1 unspecified atom stereocenters. The number of nitrogens with two attached hydrogens (primary N) is 1. The Bertz CT molecular complexity index is 808. The van der Waals surface area contributed by atoms with Gasteiger partial charge in [-0.2, -0.15) is 0 Å².